The van der Waals surface area contributed by atoms with E-state index in [1.165, 1.54) is 6.08 Å². The monoisotopic (exact) mass is 481 g/mol. The van der Waals surface area contributed by atoms with Gasteiger partial charge in [-0.25, -0.2) is 0 Å². The molecule has 0 saturated carbocycles. The molecule has 1 heterocycles. The number of carbonyl (C=O) groups excluding carboxylic acids is 2. The summed E-state index contributed by atoms with van der Waals surface area (Å²) in [6, 6.07) is 27.5. The minimum Gasteiger partial charge on any atom is -0.269 e. The second kappa shape index (κ2) is 8.63. The van der Waals surface area contributed by atoms with Gasteiger partial charge in [-0.1, -0.05) is 88.7 Å². The molecule has 0 spiro atoms. The van der Waals surface area contributed by atoms with E-state index in [4.69, 9.17) is 0 Å². The molecule has 0 radical (unpaired) electrons. The van der Waals surface area contributed by atoms with Crippen LogP contribution in [0.15, 0.2) is 91.0 Å². The lowest BCUT2D eigenvalue weighted by molar-refractivity contribution is 0.0534. The van der Waals surface area contributed by atoms with Crippen molar-refractivity contribution in [1.82, 2.24) is 4.90 Å². The summed E-state index contributed by atoms with van der Waals surface area (Å²) in [5, 5.41) is 20.5. The smallest absolute Gasteiger partial charge is 0.262 e. The quantitative estimate of drug-likeness (QED) is 0.450. The van der Waals surface area contributed by atoms with Crippen LogP contribution in [-0.4, -0.2) is 16.7 Å². The summed E-state index contributed by atoms with van der Waals surface area (Å²) >= 11 is 3.48. The number of rotatable bonds is 5. The van der Waals surface area contributed by atoms with Gasteiger partial charge in [-0.15, -0.1) is 0 Å². The minimum absolute atomic E-state index is 0.259. The molecule has 0 fully saturated rings. The molecule has 1 atom stereocenters. The maximum Gasteiger partial charge on any atom is 0.262 e. The van der Waals surface area contributed by atoms with Gasteiger partial charge in [0.25, 0.3) is 11.8 Å². The maximum atomic E-state index is 13.3. The van der Waals surface area contributed by atoms with Crippen molar-refractivity contribution in [3.05, 3.63) is 113 Å². The molecular weight excluding hydrogens is 466 g/mol. The lowest BCUT2D eigenvalue weighted by Gasteiger charge is -2.34. The molecule has 3 aromatic rings. The number of nitrogens with zero attached hydrogens (tertiary/aromatic N) is 3. The maximum absolute atomic E-state index is 13.3. The van der Waals surface area contributed by atoms with Gasteiger partial charge in [0.1, 0.15) is 6.04 Å². The van der Waals surface area contributed by atoms with Crippen LogP contribution < -0.4 is 0 Å². The Hall–Kier alpha value is -4.00. The summed E-state index contributed by atoms with van der Waals surface area (Å²) in [5.74, 6) is -1.06. The molecule has 4 rings (SSSR count). The molecular formula is C26H16BrN3O2. The van der Waals surface area contributed by atoms with E-state index >= 15 is 0 Å². The zero-order valence-electron chi connectivity index (χ0n) is 16.8. The van der Waals surface area contributed by atoms with Crippen molar-refractivity contribution in [2.24, 2.45) is 5.41 Å². The molecule has 0 aromatic heterocycles. The number of hydrogen-bond donors (Lipinski definition) is 0. The first-order chi connectivity index (χ1) is 15.5. The van der Waals surface area contributed by atoms with Gasteiger partial charge in [0.2, 0.25) is 0 Å². The average Bonchev–Trinajstić information content (AvgIpc) is 3.10. The number of amides is 2. The van der Waals surface area contributed by atoms with Gasteiger partial charge in [-0.05, 0) is 29.3 Å². The largest absolute Gasteiger partial charge is 0.269 e. The van der Waals surface area contributed by atoms with Crippen LogP contribution in [0.1, 0.15) is 37.9 Å². The number of halogens is 1. The van der Waals surface area contributed by atoms with Crippen molar-refractivity contribution < 1.29 is 9.59 Å². The molecule has 1 unspecified atom stereocenters. The molecule has 5 nitrogen and oxygen atoms in total. The van der Waals surface area contributed by atoms with Gasteiger partial charge < -0.3 is 0 Å². The van der Waals surface area contributed by atoms with Crippen LogP contribution in [-0.2, 0) is 0 Å². The third kappa shape index (κ3) is 3.51. The van der Waals surface area contributed by atoms with Crippen molar-refractivity contribution in [2.75, 3.05) is 0 Å². The van der Waals surface area contributed by atoms with E-state index in [2.05, 4.69) is 28.1 Å². The number of fused-ring (bicyclic) bond motifs is 1. The summed E-state index contributed by atoms with van der Waals surface area (Å²) in [5.41, 5.74) is -0.0569. The van der Waals surface area contributed by atoms with Gasteiger partial charge in [0, 0.05) is 4.48 Å². The molecule has 2 amide bonds. The standard InChI is InChI=1S/C26H16BrN3O2/c27-22(18-9-3-1-4-10-18)15-26(16-28,17-29)23(19-11-5-2-6-12-19)30-24(31)20-13-7-8-14-21(20)25(30)32/h1-15,23H/b22-15+. The third-order valence-corrected chi connectivity index (χ3v) is 6.09. The van der Waals surface area contributed by atoms with Crippen molar-refractivity contribution in [3.8, 4) is 12.1 Å². The Kier molecular flexibility index (Phi) is 5.73. The summed E-state index contributed by atoms with van der Waals surface area (Å²) < 4.78 is 0.513. The Balaban J connectivity index is 1.93. The molecule has 6 heteroatoms. The van der Waals surface area contributed by atoms with Gasteiger partial charge in [0.15, 0.2) is 5.41 Å². The zero-order valence-corrected chi connectivity index (χ0v) is 18.4. The highest BCUT2D eigenvalue weighted by Gasteiger charge is 2.50. The van der Waals surface area contributed by atoms with Crippen LogP contribution in [0.25, 0.3) is 4.48 Å². The lowest BCUT2D eigenvalue weighted by atomic mass is 9.77. The highest BCUT2D eigenvalue weighted by Crippen LogP contribution is 2.45. The SMILES string of the molecule is N#CC(C#N)(/C=C(/Br)c1ccccc1)C(c1ccccc1)N1C(=O)c2ccccc2C1=O. The lowest BCUT2D eigenvalue weighted by Crippen LogP contribution is -2.42. The van der Waals surface area contributed by atoms with Crippen LogP contribution in [0, 0.1) is 28.1 Å². The van der Waals surface area contributed by atoms with Crippen molar-refractivity contribution in [3.63, 3.8) is 0 Å². The highest BCUT2D eigenvalue weighted by atomic mass is 79.9. The fourth-order valence-electron chi connectivity index (χ4n) is 3.86. The molecule has 3 aromatic carbocycles. The molecule has 0 bridgehead atoms. The Bertz CT molecular complexity index is 1260. The molecule has 0 aliphatic carbocycles. The van der Waals surface area contributed by atoms with E-state index in [-0.39, 0.29) is 11.1 Å². The number of benzene rings is 3. The topological polar surface area (TPSA) is 85.0 Å². The van der Waals surface area contributed by atoms with Crippen molar-refractivity contribution >= 4 is 32.2 Å². The summed E-state index contributed by atoms with van der Waals surface area (Å²) in [7, 11) is 0. The number of imide groups is 1. The average molecular weight is 482 g/mol. The Morgan fingerprint density at radius 2 is 1.28 bits per heavy atom. The van der Waals surface area contributed by atoms with Crippen molar-refractivity contribution in [2.45, 2.75) is 6.04 Å². The number of hydrogen-bond acceptors (Lipinski definition) is 4. The second-order valence-corrected chi connectivity index (χ2v) is 8.14. The van der Waals surface area contributed by atoms with Crippen LogP contribution in [0.5, 0.6) is 0 Å². The summed E-state index contributed by atoms with van der Waals surface area (Å²) in [6.45, 7) is 0. The summed E-state index contributed by atoms with van der Waals surface area (Å²) in [4.78, 5) is 27.7. The predicted molar refractivity (Wildman–Crippen MR) is 123 cm³/mol. The summed E-state index contributed by atoms with van der Waals surface area (Å²) in [6.07, 6.45) is 1.48. The predicted octanol–water partition coefficient (Wildman–Crippen LogP) is 5.49. The molecule has 1 aliphatic heterocycles. The van der Waals surface area contributed by atoms with E-state index in [1.54, 1.807) is 54.6 Å². The van der Waals surface area contributed by atoms with Crippen LogP contribution in [0.2, 0.25) is 0 Å². The van der Waals surface area contributed by atoms with E-state index in [9.17, 15) is 20.1 Å². The Labute approximate surface area is 194 Å². The van der Waals surface area contributed by atoms with Gasteiger partial charge in [-0.2, -0.15) is 10.5 Å². The molecule has 154 valence electrons. The Morgan fingerprint density at radius 1 is 0.812 bits per heavy atom. The minimum atomic E-state index is -1.84. The van der Waals surface area contributed by atoms with Crippen LogP contribution >= 0.6 is 15.9 Å². The zero-order chi connectivity index (χ0) is 22.7. The fraction of sp³-hybridized carbons (Fsp3) is 0.0769. The molecule has 32 heavy (non-hydrogen) atoms. The molecule has 0 saturated heterocycles. The van der Waals surface area contributed by atoms with E-state index in [0.29, 0.717) is 10.0 Å². The number of carbonyl (C=O) groups is 2. The second-order valence-electron chi connectivity index (χ2n) is 7.29. The van der Waals surface area contributed by atoms with Gasteiger partial charge >= 0.3 is 0 Å². The highest BCUT2D eigenvalue weighted by molar-refractivity contribution is 9.15. The van der Waals surface area contributed by atoms with E-state index < -0.39 is 23.3 Å². The first-order valence-electron chi connectivity index (χ1n) is 9.80. The van der Waals surface area contributed by atoms with E-state index in [0.717, 1.165) is 10.5 Å². The molecule has 1 aliphatic rings. The van der Waals surface area contributed by atoms with Gasteiger partial charge in [0.05, 0.1) is 23.3 Å². The van der Waals surface area contributed by atoms with Crippen LogP contribution in [0.3, 0.4) is 0 Å². The first kappa shape index (κ1) is 21.2. The fourth-order valence-corrected chi connectivity index (χ4v) is 4.49. The molecule has 0 N–H and O–H groups in total. The van der Waals surface area contributed by atoms with Gasteiger partial charge in [-0.3, -0.25) is 14.5 Å². The van der Waals surface area contributed by atoms with Crippen molar-refractivity contribution in [1.29, 1.82) is 10.5 Å². The number of nitriles is 2. The first-order valence-corrected chi connectivity index (χ1v) is 10.6. The van der Waals surface area contributed by atoms with Crippen LogP contribution in [0.4, 0.5) is 0 Å². The third-order valence-electron chi connectivity index (χ3n) is 5.40. The normalized spacial score (nSPS) is 14.5. The Morgan fingerprint density at radius 3 is 1.78 bits per heavy atom. The van der Waals surface area contributed by atoms with E-state index in [1.807, 2.05) is 30.3 Å².